The first-order valence-corrected chi connectivity index (χ1v) is 23.6. The molecule has 3 rings (SSSR count). The zero-order valence-corrected chi connectivity index (χ0v) is 34.3. The lowest BCUT2D eigenvalue weighted by Gasteiger charge is -2.51. The van der Waals surface area contributed by atoms with Gasteiger partial charge < -0.3 is 18.3 Å². The highest BCUT2D eigenvalue weighted by Gasteiger charge is 2.52. The largest absolute Gasteiger partial charge is 0.458 e. The number of hydrogen-bond donors (Lipinski definition) is 0. The Kier molecular flexibility index (Phi) is 11.6. The van der Waals surface area contributed by atoms with Gasteiger partial charge in [0.15, 0.2) is 22.4 Å². The Morgan fingerprint density at radius 3 is 2.15 bits per heavy atom. The predicted molar refractivity (Wildman–Crippen MR) is 198 cm³/mol. The highest BCUT2D eigenvalue weighted by molar-refractivity contribution is 6.74. The maximum Gasteiger partial charge on any atom is 0.332 e. The Balaban J connectivity index is 2.11. The van der Waals surface area contributed by atoms with Crippen LogP contribution in [0.4, 0.5) is 0 Å². The molecule has 0 aromatic carbocycles. The zero-order valence-electron chi connectivity index (χ0n) is 32.3. The predicted octanol–water partition coefficient (Wildman–Crippen LogP) is 11.2. The normalized spacial score (nSPS) is 30.1. The number of fused-ring (bicyclic) bond motifs is 1. The first-order chi connectivity index (χ1) is 20.8. The number of ether oxygens (including phenoxy) is 2. The van der Waals surface area contributed by atoms with Crippen LogP contribution < -0.4 is 0 Å². The maximum atomic E-state index is 13.1. The molecule has 0 radical (unpaired) electrons. The molecule has 5 nitrogen and oxygen atoms in total. The molecule has 0 aromatic rings. The molecular formula is C39H68O5Si2. The van der Waals surface area contributed by atoms with E-state index in [-0.39, 0.29) is 34.2 Å². The van der Waals surface area contributed by atoms with Gasteiger partial charge in [-0.2, -0.15) is 0 Å². The second kappa shape index (κ2) is 13.6. The summed E-state index contributed by atoms with van der Waals surface area (Å²) in [5.74, 6) is -0.864. The smallest absolute Gasteiger partial charge is 0.332 e. The molecule has 3 aliphatic rings. The van der Waals surface area contributed by atoms with Crippen molar-refractivity contribution in [1.29, 1.82) is 0 Å². The molecule has 3 aliphatic carbocycles. The van der Waals surface area contributed by atoms with Crippen molar-refractivity contribution in [2.45, 2.75) is 175 Å². The number of carbonyl (C=O) groups is 1. The van der Waals surface area contributed by atoms with E-state index in [0.29, 0.717) is 18.8 Å². The molecule has 46 heavy (non-hydrogen) atoms. The van der Waals surface area contributed by atoms with Crippen LogP contribution >= 0.6 is 0 Å². The van der Waals surface area contributed by atoms with Gasteiger partial charge in [0.25, 0.3) is 0 Å². The fourth-order valence-corrected chi connectivity index (χ4v) is 9.70. The van der Waals surface area contributed by atoms with Gasteiger partial charge in [0.05, 0.1) is 6.10 Å². The van der Waals surface area contributed by atoms with E-state index in [2.05, 4.69) is 106 Å². The molecule has 0 spiro atoms. The van der Waals surface area contributed by atoms with Crippen molar-refractivity contribution in [1.82, 2.24) is 0 Å². The molecule has 0 amide bonds. The van der Waals surface area contributed by atoms with Crippen LogP contribution in [0.5, 0.6) is 0 Å². The van der Waals surface area contributed by atoms with Crippen LogP contribution in [-0.2, 0) is 23.1 Å². The Bertz CT molecular complexity index is 1240. The van der Waals surface area contributed by atoms with Gasteiger partial charge in [-0.05, 0) is 112 Å². The maximum absolute atomic E-state index is 13.1. The van der Waals surface area contributed by atoms with Crippen LogP contribution in [0.3, 0.4) is 0 Å². The third-order valence-electron chi connectivity index (χ3n) is 11.7. The van der Waals surface area contributed by atoms with E-state index >= 15 is 0 Å². The standard InChI is InChI=1S/C39H68O5Si2/c1-17-31-22-23-32-29(19-18-24-38(31,32)12)20-21-30-25-39(44-46(15,16)37(9,10)11,41-27-34(40)42-35(3,4)5)26-33(28(30)2)43-45(13,14)36(6,7)8/h20-22,32-33H,2,17-19,23-27H2,1,3-16H3/t32-,33?,38+,39-/m0/s1. The Morgan fingerprint density at radius 1 is 1.00 bits per heavy atom. The van der Waals surface area contributed by atoms with Crippen LogP contribution in [0.25, 0.3) is 0 Å². The average molecular weight is 673 g/mol. The van der Waals surface area contributed by atoms with Crippen molar-refractivity contribution >= 4 is 22.6 Å². The molecule has 0 aromatic heterocycles. The van der Waals surface area contributed by atoms with Crippen molar-refractivity contribution < 1.29 is 23.1 Å². The van der Waals surface area contributed by atoms with Crippen LogP contribution in [0.2, 0.25) is 36.3 Å². The Hall–Kier alpha value is -1.26. The molecule has 4 atom stereocenters. The van der Waals surface area contributed by atoms with Crippen LogP contribution in [0.15, 0.2) is 47.1 Å². The summed E-state index contributed by atoms with van der Waals surface area (Å²) in [4.78, 5) is 13.1. The first-order valence-electron chi connectivity index (χ1n) is 17.8. The molecule has 0 bridgehead atoms. The second-order valence-electron chi connectivity index (χ2n) is 18.5. The molecule has 7 heteroatoms. The molecular weight excluding hydrogens is 605 g/mol. The molecule has 2 fully saturated rings. The number of rotatable bonds is 9. The van der Waals surface area contributed by atoms with Gasteiger partial charge in [0, 0.05) is 12.8 Å². The summed E-state index contributed by atoms with van der Waals surface area (Å²) in [6.07, 6.45) is 13.8. The van der Waals surface area contributed by atoms with Gasteiger partial charge in [-0.3, -0.25) is 0 Å². The topological polar surface area (TPSA) is 54.0 Å². The molecule has 2 saturated carbocycles. The van der Waals surface area contributed by atoms with Crippen LogP contribution in [-0.4, -0.2) is 46.7 Å². The lowest BCUT2D eigenvalue weighted by molar-refractivity contribution is -0.218. The van der Waals surface area contributed by atoms with Crippen molar-refractivity contribution in [3.8, 4) is 0 Å². The first kappa shape index (κ1) is 39.2. The van der Waals surface area contributed by atoms with Gasteiger partial charge >= 0.3 is 5.97 Å². The molecule has 0 heterocycles. The zero-order chi connectivity index (χ0) is 35.1. The number of esters is 1. The summed E-state index contributed by atoms with van der Waals surface area (Å²) in [6, 6.07) is 0. The fourth-order valence-electron chi connectivity index (χ4n) is 6.96. The van der Waals surface area contributed by atoms with E-state index in [9.17, 15) is 4.79 Å². The van der Waals surface area contributed by atoms with Gasteiger partial charge in [-0.25, -0.2) is 4.79 Å². The second-order valence-corrected chi connectivity index (χ2v) is 28.0. The quantitative estimate of drug-likeness (QED) is 0.106. The third-order valence-corrected chi connectivity index (χ3v) is 20.7. The molecule has 0 N–H and O–H groups in total. The Morgan fingerprint density at radius 2 is 1.61 bits per heavy atom. The van der Waals surface area contributed by atoms with Crippen LogP contribution in [0, 0.1) is 11.3 Å². The van der Waals surface area contributed by atoms with E-state index in [1.165, 1.54) is 18.4 Å². The van der Waals surface area contributed by atoms with Crippen molar-refractivity contribution in [3.05, 3.63) is 47.1 Å². The summed E-state index contributed by atoms with van der Waals surface area (Å²) < 4.78 is 26.8. The lowest BCUT2D eigenvalue weighted by Crippen LogP contribution is -2.56. The van der Waals surface area contributed by atoms with E-state index in [1.807, 2.05) is 20.8 Å². The monoisotopic (exact) mass is 672 g/mol. The summed E-state index contributed by atoms with van der Waals surface area (Å²) in [5.41, 5.74) is 4.93. The number of hydrogen-bond acceptors (Lipinski definition) is 5. The average Bonchev–Trinajstić information content (AvgIpc) is 3.22. The molecule has 0 saturated heterocycles. The van der Waals surface area contributed by atoms with Gasteiger partial charge in [0.2, 0.25) is 0 Å². The number of carbonyl (C=O) groups excluding carboxylic acids is 1. The van der Waals surface area contributed by atoms with Crippen molar-refractivity contribution in [3.63, 3.8) is 0 Å². The van der Waals surface area contributed by atoms with E-state index < -0.39 is 28.0 Å². The fraction of sp³-hybridized carbons (Fsp3) is 0.769. The van der Waals surface area contributed by atoms with E-state index in [1.54, 1.807) is 5.57 Å². The third kappa shape index (κ3) is 8.85. The van der Waals surface area contributed by atoms with E-state index in [4.69, 9.17) is 18.3 Å². The van der Waals surface area contributed by atoms with Gasteiger partial charge in [0.1, 0.15) is 12.2 Å². The van der Waals surface area contributed by atoms with Gasteiger partial charge in [-0.1, -0.05) is 91.3 Å². The highest BCUT2D eigenvalue weighted by atomic mass is 28.4. The minimum Gasteiger partial charge on any atom is -0.458 e. The summed E-state index contributed by atoms with van der Waals surface area (Å²) in [6.45, 7) is 37.5. The molecule has 262 valence electrons. The summed E-state index contributed by atoms with van der Waals surface area (Å²) >= 11 is 0. The summed E-state index contributed by atoms with van der Waals surface area (Å²) in [5, 5.41) is -0.0275. The lowest BCUT2D eigenvalue weighted by atomic mass is 9.64. The van der Waals surface area contributed by atoms with Crippen LogP contribution in [0.1, 0.15) is 121 Å². The minimum atomic E-state index is -2.36. The highest BCUT2D eigenvalue weighted by Crippen LogP contribution is 2.56. The molecule has 1 unspecified atom stereocenters. The SMILES string of the molecule is C=C1C(=CC=C2CCC[C@]3(C)C(CC)=CC[C@@H]23)C[C@](OCC(=O)OC(C)(C)C)(O[Si](C)(C)C(C)(C)C)CC1O[Si](C)(C)C(C)(C)C. The summed E-state index contributed by atoms with van der Waals surface area (Å²) in [7, 11) is -4.55. The minimum absolute atomic E-state index is 0.0237. The number of allylic oxidation sites excluding steroid dienone is 5. The van der Waals surface area contributed by atoms with Crippen molar-refractivity contribution in [2.24, 2.45) is 11.3 Å². The molecule has 0 aliphatic heterocycles. The van der Waals surface area contributed by atoms with E-state index in [0.717, 1.165) is 30.4 Å². The van der Waals surface area contributed by atoms with Crippen molar-refractivity contribution in [2.75, 3.05) is 6.61 Å². The Labute approximate surface area is 284 Å². The van der Waals surface area contributed by atoms with Gasteiger partial charge in [-0.15, -0.1) is 0 Å².